The number of carbonyl (C=O) groups excluding carboxylic acids is 1. The van der Waals surface area contributed by atoms with Crippen molar-refractivity contribution in [3.05, 3.63) is 18.0 Å². The van der Waals surface area contributed by atoms with Gasteiger partial charge in [-0.05, 0) is 30.7 Å². The van der Waals surface area contributed by atoms with E-state index in [9.17, 15) is 13.2 Å². The molecule has 0 bridgehead atoms. The summed E-state index contributed by atoms with van der Waals surface area (Å²) in [4.78, 5) is 17.6. The van der Waals surface area contributed by atoms with Crippen molar-refractivity contribution in [2.75, 3.05) is 37.7 Å². The van der Waals surface area contributed by atoms with Gasteiger partial charge in [0.1, 0.15) is 10.6 Å². The maximum Gasteiger partial charge on any atom is 0.270 e. The summed E-state index contributed by atoms with van der Waals surface area (Å²) in [5, 5.41) is 0. The molecule has 26 heavy (non-hydrogen) atoms. The van der Waals surface area contributed by atoms with Gasteiger partial charge < -0.3 is 15.6 Å². The largest absolute Gasteiger partial charge is 0.356 e. The molecule has 1 amide bonds. The number of hydrogen-bond donors (Lipinski definition) is 2. The molecule has 3 aliphatic rings. The van der Waals surface area contributed by atoms with Gasteiger partial charge in [-0.15, -0.1) is 12.4 Å². The summed E-state index contributed by atoms with van der Waals surface area (Å²) in [6, 6.07) is 1.66. The van der Waals surface area contributed by atoms with Crippen LogP contribution in [0.25, 0.3) is 0 Å². The minimum absolute atomic E-state index is 0. The van der Waals surface area contributed by atoms with Crippen LogP contribution < -0.4 is 5.73 Å². The number of hydrogen-bond acceptors (Lipinski definition) is 5. The summed E-state index contributed by atoms with van der Waals surface area (Å²) in [6.07, 6.45) is 3.55. The number of aromatic amines is 1. The first-order valence-electron chi connectivity index (χ1n) is 8.78. The highest BCUT2D eigenvalue weighted by Gasteiger charge is 2.43. The van der Waals surface area contributed by atoms with Crippen LogP contribution in [0.2, 0.25) is 0 Å². The van der Waals surface area contributed by atoms with Crippen molar-refractivity contribution in [2.24, 2.45) is 17.6 Å². The first-order chi connectivity index (χ1) is 12.0. The lowest BCUT2D eigenvalue weighted by Crippen LogP contribution is -2.37. The maximum absolute atomic E-state index is 12.7. The third kappa shape index (κ3) is 3.52. The summed E-state index contributed by atoms with van der Waals surface area (Å²) in [6.45, 7) is 2.44. The molecule has 3 unspecified atom stereocenters. The molecule has 1 aromatic heterocycles. The fourth-order valence-corrected chi connectivity index (χ4v) is 6.80. The van der Waals surface area contributed by atoms with Crippen LogP contribution in [0.5, 0.6) is 0 Å². The van der Waals surface area contributed by atoms with Crippen LogP contribution in [-0.2, 0) is 10.0 Å². The fraction of sp³-hybridized carbons (Fsp3) is 0.688. The van der Waals surface area contributed by atoms with Crippen LogP contribution in [0.3, 0.4) is 0 Å². The molecule has 0 radical (unpaired) electrons. The van der Waals surface area contributed by atoms with Crippen molar-refractivity contribution in [1.29, 1.82) is 0 Å². The molecule has 0 spiro atoms. The topological polar surface area (TPSA) is 99.5 Å². The lowest BCUT2D eigenvalue weighted by Gasteiger charge is -2.24. The number of fused-ring (bicyclic) bond motifs is 1. The number of nitrogens with zero attached hydrogens (tertiary/aromatic N) is 2. The van der Waals surface area contributed by atoms with E-state index in [-0.39, 0.29) is 29.3 Å². The molecule has 2 saturated heterocycles. The molecule has 4 rings (SSSR count). The molecule has 1 aliphatic carbocycles. The van der Waals surface area contributed by atoms with Gasteiger partial charge in [-0.3, -0.25) is 4.79 Å². The van der Waals surface area contributed by atoms with Crippen LogP contribution in [0.4, 0.5) is 0 Å². The molecule has 3 atom stereocenters. The standard InChI is InChI=1S/C16H24N4O3S2.ClH/c17-14-2-1-11-9-19(10-13(11)14)16(21)15-7-12(8-18-15)25(22,23)20-3-5-24-6-4-20;/h7-8,11,13-14,18H,1-6,9-10,17H2;1H. The number of likely N-dealkylation sites (tertiary alicyclic amines) is 1. The summed E-state index contributed by atoms with van der Waals surface area (Å²) < 4.78 is 26.9. The summed E-state index contributed by atoms with van der Waals surface area (Å²) in [5.41, 5.74) is 6.48. The monoisotopic (exact) mass is 420 g/mol. The van der Waals surface area contributed by atoms with Crippen LogP contribution in [-0.4, -0.2) is 72.2 Å². The number of amides is 1. The highest BCUT2D eigenvalue weighted by Crippen LogP contribution is 2.37. The highest BCUT2D eigenvalue weighted by molar-refractivity contribution is 7.99. The molecule has 10 heteroatoms. The zero-order chi connectivity index (χ0) is 17.6. The Balaban J connectivity index is 0.00000196. The van der Waals surface area contributed by atoms with Gasteiger partial charge in [-0.1, -0.05) is 0 Å². The van der Waals surface area contributed by atoms with Gasteiger partial charge in [0.25, 0.3) is 5.91 Å². The van der Waals surface area contributed by atoms with Crippen molar-refractivity contribution in [2.45, 2.75) is 23.8 Å². The third-order valence-electron chi connectivity index (χ3n) is 5.69. The first-order valence-corrected chi connectivity index (χ1v) is 11.4. The first kappa shape index (κ1) is 20.0. The Labute approximate surface area is 164 Å². The second-order valence-electron chi connectivity index (χ2n) is 7.14. The van der Waals surface area contributed by atoms with Crippen molar-refractivity contribution >= 4 is 40.1 Å². The number of nitrogens with one attached hydrogen (secondary N) is 1. The van der Waals surface area contributed by atoms with Gasteiger partial charge in [0, 0.05) is 49.9 Å². The molecule has 0 aromatic carbocycles. The van der Waals surface area contributed by atoms with E-state index in [4.69, 9.17) is 5.73 Å². The van der Waals surface area contributed by atoms with E-state index in [0.717, 1.165) is 30.9 Å². The quantitative estimate of drug-likeness (QED) is 0.759. The van der Waals surface area contributed by atoms with Crippen LogP contribution in [0, 0.1) is 11.8 Å². The zero-order valence-electron chi connectivity index (χ0n) is 14.5. The molecule has 146 valence electrons. The smallest absolute Gasteiger partial charge is 0.270 e. The van der Waals surface area contributed by atoms with Crippen molar-refractivity contribution in [3.63, 3.8) is 0 Å². The van der Waals surface area contributed by atoms with Crippen LogP contribution >= 0.6 is 24.2 Å². The Morgan fingerprint density at radius 3 is 2.65 bits per heavy atom. The number of sulfonamides is 1. The zero-order valence-corrected chi connectivity index (χ0v) is 16.9. The molecule has 3 fully saturated rings. The Hall–Kier alpha value is -0.740. The van der Waals surface area contributed by atoms with Gasteiger partial charge in [0.2, 0.25) is 10.0 Å². The van der Waals surface area contributed by atoms with E-state index in [2.05, 4.69) is 4.98 Å². The van der Waals surface area contributed by atoms with Gasteiger partial charge in [0.05, 0.1) is 0 Å². The number of nitrogens with two attached hydrogens (primary N) is 1. The van der Waals surface area contributed by atoms with Gasteiger partial charge >= 0.3 is 0 Å². The molecular weight excluding hydrogens is 396 g/mol. The Morgan fingerprint density at radius 2 is 1.96 bits per heavy atom. The van der Waals surface area contributed by atoms with Gasteiger partial charge in [-0.2, -0.15) is 16.1 Å². The SMILES string of the molecule is Cl.NC1CCC2CN(C(=O)c3cc(S(=O)(=O)N4CCSCC4)c[nH]3)CC12. The second-order valence-corrected chi connectivity index (χ2v) is 10.3. The number of carbonyl (C=O) groups is 1. The Bertz CT molecular complexity index is 763. The molecule has 1 aromatic rings. The number of rotatable bonds is 3. The molecule has 2 aliphatic heterocycles. The fourth-order valence-electron chi connectivity index (χ4n) is 4.23. The van der Waals surface area contributed by atoms with E-state index in [1.54, 1.807) is 11.8 Å². The minimum atomic E-state index is -3.52. The summed E-state index contributed by atoms with van der Waals surface area (Å²) >= 11 is 1.76. The van der Waals surface area contributed by atoms with Crippen LogP contribution in [0.1, 0.15) is 23.3 Å². The number of halogens is 1. The molecule has 7 nitrogen and oxygen atoms in total. The second kappa shape index (κ2) is 7.71. The van der Waals surface area contributed by atoms with Crippen molar-refractivity contribution in [1.82, 2.24) is 14.2 Å². The van der Waals surface area contributed by atoms with E-state index in [1.165, 1.54) is 16.6 Å². The van der Waals surface area contributed by atoms with E-state index >= 15 is 0 Å². The number of aromatic nitrogens is 1. The van der Waals surface area contributed by atoms with Gasteiger partial charge in [0.15, 0.2) is 0 Å². The Kier molecular flexibility index (Phi) is 5.93. The van der Waals surface area contributed by atoms with Crippen molar-refractivity contribution in [3.8, 4) is 0 Å². The normalized spacial score (nSPS) is 29.4. The van der Waals surface area contributed by atoms with E-state index < -0.39 is 10.0 Å². The van der Waals surface area contributed by atoms with E-state index in [0.29, 0.717) is 37.2 Å². The number of H-pyrrole nitrogens is 1. The number of thioether (sulfide) groups is 1. The average Bonchev–Trinajstić information content (AvgIpc) is 3.33. The minimum Gasteiger partial charge on any atom is -0.356 e. The highest BCUT2D eigenvalue weighted by atomic mass is 35.5. The lowest BCUT2D eigenvalue weighted by molar-refractivity contribution is 0.0774. The van der Waals surface area contributed by atoms with Crippen LogP contribution in [0.15, 0.2) is 17.2 Å². The third-order valence-corrected chi connectivity index (χ3v) is 8.51. The lowest BCUT2D eigenvalue weighted by atomic mass is 9.98. The van der Waals surface area contributed by atoms with Gasteiger partial charge in [-0.25, -0.2) is 8.42 Å². The molecule has 3 heterocycles. The predicted octanol–water partition coefficient (Wildman–Crippen LogP) is 0.983. The average molecular weight is 421 g/mol. The molecule has 1 saturated carbocycles. The van der Waals surface area contributed by atoms with Crippen molar-refractivity contribution < 1.29 is 13.2 Å². The molecular formula is C16H25ClN4O3S2. The maximum atomic E-state index is 12.7. The summed E-state index contributed by atoms with van der Waals surface area (Å²) in [7, 11) is -3.52. The predicted molar refractivity (Wildman–Crippen MR) is 104 cm³/mol. The molecule has 3 N–H and O–H groups in total. The summed E-state index contributed by atoms with van der Waals surface area (Å²) in [5.74, 6) is 2.37. The van der Waals surface area contributed by atoms with E-state index in [1.807, 2.05) is 4.90 Å². The Morgan fingerprint density at radius 1 is 1.23 bits per heavy atom.